The molecule has 0 aliphatic heterocycles. The van der Waals surface area contributed by atoms with Crippen molar-refractivity contribution in [2.75, 3.05) is 6.61 Å². The normalized spacial score (nSPS) is 14.1. The van der Waals surface area contributed by atoms with E-state index < -0.39 is 0 Å². The molecule has 7 heavy (non-hydrogen) atoms. The Bertz CT molecular complexity index is 35.1. The van der Waals surface area contributed by atoms with Crippen LogP contribution in [0.1, 0.15) is 13.8 Å². The van der Waals surface area contributed by atoms with Gasteiger partial charge in [0.05, 0.1) is 19.3 Å². The first-order valence-electron chi connectivity index (χ1n) is 2.35. The molecule has 0 saturated heterocycles. The van der Waals surface area contributed by atoms with Gasteiger partial charge in [0.1, 0.15) is 0 Å². The lowest BCUT2D eigenvalue weighted by Gasteiger charge is -2.00. The van der Waals surface area contributed by atoms with Crippen molar-refractivity contribution in [3.63, 3.8) is 0 Å². The summed E-state index contributed by atoms with van der Waals surface area (Å²) >= 11 is 0. The second-order valence-electron chi connectivity index (χ2n) is 1.42. The van der Waals surface area contributed by atoms with Gasteiger partial charge in [-0.3, -0.25) is 0 Å². The number of aliphatic hydroxyl groups excluding tert-OH is 1. The third-order valence-electron chi connectivity index (χ3n) is 0.504. The fourth-order valence-electron chi connectivity index (χ4n) is 0.235. The van der Waals surface area contributed by atoms with Crippen molar-refractivity contribution < 1.29 is 9.84 Å². The predicted octanol–water partition coefficient (Wildman–Crippen LogP) is 0.565. The first kappa shape index (κ1) is 6.92. The molecule has 0 bridgehead atoms. The molecular formula is C5H11O2. The van der Waals surface area contributed by atoms with Crippen LogP contribution in [0, 0.1) is 6.61 Å². The van der Waals surface area contributed by atoms with Crippen LogP contribution in [0.15, 0.2) is 0 Å². The average molecular weight is 103 g/mol. The molecule has 1 atom stereocenters. The highest BCUT2D eigenvalue weighted by molar-refractivity contribution is 4.43. The maximum absolute atomic E-state index is 8.54. The first-order chi connectivity index (χ1) is 3.27. The zero-order chi connectivity index (χ0) is 5.70. The van der Waals surface area contributed by atoms with Crippen molar-refractivity contribution in [1.82, 2.24) is 0 Å². The van der Waals surface area contributed by atoms with Crippen molar-refractivity contribution in [3.8, 4) is 0 Å². The van der Waals surface area contributed by atoms with E-state index in [0.29, 0.717) is 6.61 Å². The van der Waals surface area contributed by atoms with Crippen molar-refractivity contribution in [3.05, 3.63) is 6.61 Å². The SMILES string of the molecule is C[CH]OCC(C)O. The number of aliphatic hydroxyl groups is 1. The van der Waals surface area contributed by atoms with E-state index in [1.165, 1.54) is 0 Å². The molecule has 0 aromatic heterocycles. The summed E-state index contributed by atoms with van der Waals surface area (Å²) in [5.41, 5.74) is 0. The number of hydrogen-bond donors (Lipinski definition) is 1. The van der Waals surface area contributed by atoms with Crippen molar-refractivity contribution >= 4 is 0 Å². The molecule has 2 nitrogen and oxygen atoms in total. The summed E-state index contributed by atoms with van der Waals surface area (Å²) in [5, 5.41) is 8.54. The van der Waals surface area contributed by atoms with Crippen LogP contribution in [-0.4, -0.2) is 17.8 Å². The summed E-state index contributed by atoms with van der Waals surface area (Å²) in [7, 11) is 0. The van der Waals surface area contributed by atoms with E-state index >= 15 is 0 Å². The van der Waals surface area contributed by atoms with Gasteiger partial charge in [0.15, 0.2) is 0 Å². The van der Waals surface area contributed by atoms with Crippen molar-refractivity contribution in [2.45, 2.75) is 20.0 Å². The zero-order valence-corrected chi connectivity index (χ0v) is 4.72. The third-order valence-corrected chi connectivity index (χ3v) is 0.504. The fourth-order valence-corrected chi connectivity index (χ4v) is 0.235. The minimum atomic E-state index is -0.351. The Morgan fingerprint density at radius 2 is 2.43 bits per heavy atom. The molecule has 0 rings (SSSR count). The summed E-state index contributed by atoms with van der Waals surface area (Å²) in [5.74, 6) is 0. The minimum absolute atomic E-state index is 0.351. The minimum Gasteiger partial charge on any atom is -0.391 e. The summed E-state index contributed by atoms with van der Waals surface area (Å²) in [6.07, 6.45) is -0.351. The molecule has 0 aromatic rings. The maximum Gasteiger partial charge on any atom is 0.0807 e. The van der Waals surface area contributed by atoms with Crippen LogP contribution in [0.4, 0.5) is 0 Å². The lowest BCUT2D eigenvalue weighted by atomic mass is 10.4. The quantitative estimate of drug-likeness (QED) is 0.565. The van der Waals surface area contributed by atoms with Gasteiger partial charge in [0.2, 0.25) is 0 Å². The van der Waals surface area contributed by atoms with Crippen LogP contribution >= 0.6 is 0 Å². The molecule has 0 heterocycles. The molecule has 1 radical (unpaired) electrons. The van der Waals surface area contributed by atoms with Gasteiger partial charge in [-0.25, -0.2) is 0 Å². The zero-order valence-electron chi connectivity index (χ0n) is 4.72. The number of ether oxygens (including phenoxy) is 1. The molecule has 0 spiro atoms. The first-order valence-corrected chi connectivity index (χ1v) is 2.35. The Kier molecular flexibility index (Phi) is 4.04. The van der Waals surface area contributed by atoms with E-state index in [-0.39, 0.29) is 6.10 Å². The van der Waals surface area contributed by atoms with E-state index in [9.17, 15) is 0 Å². The van der Waals surface area contributed by atoms with Gasteiger partial charge in [0.25, 0.3) is 0 Å². The molecule has 0 aliphatic rings. The Labute approximate surface area is 44.1 Å². The monoisotopic (exact) mass is 103 g/mol. The average Bonchev–Trinajstić information content (AvgIpc) is 1.61. The van der Waals surface area contributed by atoms with Gasteiger partial charge in [-0.2, -0.15) is 0 Å². The van der Waals surface area contributed by atoms with Crippen LogP contribution in [0.25, 0.3) is 0 Å². The van der Waals surface area contributed by atoms with Crippen LogP contribution in [-0.2, 0) is 4.74 Å². The van der Waals surface area contributed by atoms with E-state index in [0.717, 1.165) is 0 Å². The molecule has 43 valence electrons. The van der Waals surface area contributed by atoms with E-state index in [4.69, 9.17) is 9.84 Å². The summed E-state index contributed by atoms with van der Waals surface area (Å²) in [6.45, 7) is 5.43. The fraction of sp³-hybridized carbons (Fsp3) is 0.800. The lowest BCUT2D eigenvalue weighted by molar-refractivity contribution is 0.0800. The number of rotatable bonds is 3. The second-order valence-corrected chi connectivity index (χ2v) is 1.42. The van der Waals surface area contributed by atoms with E-state index in [1.807, 2.05) is 0 Å². The van der Waals surface area contributed by atoms with Gasteiger partial charge in [0, 0.05) is 0 Å². The topological polar surface area (TPSA) is 29.5 Å². The van der Waals surface area contributed by atoms with Crippen LogP contribution in [0.2, 0.25) is 0 Å². The van der Waals surface area contributed by atoms with Crippen molar-refractivity contribution in [1.29, 1.82) is 0 Å². The summed E-state index contributed by atoms with van der Waals surface area (Å²) < 4.78 is 4.72. The van der Waals surface area contributed by atoms with Gasteiger partial charge in [-0.15, -0.1) is 0 Å². The van der Waals surface area contributed by atoms with E-state index in [2.05, 4.69) is 0 Å². The standard InChI is InChI=1S/C5H11O2/c1-3-7-4-5(2)6/h3,5-6H,4H2,1-2H3. The summed E-state index contributed by atoms with van der Waals surface area (Å²) in [4.78, 5) is 0. The number of hydrogen-bond acceptors (Lipinski definition) is 2. The van der Waals surface area contributed by atoms with Gasteiger partial charge < -0.3 is 9.84 Å². The predicted molar refractivity (Wildman–Crippen MR) is 27.6 cm³/mol. The molecule has 0 amide bonds. The highest BCUT2D eigenvalue weighted by atomic mass is 16.5. The Morgan fingerprint density at radius 1 is 1.86 bits per heavy atom. The molecule has 0 aliphatic carbocycles. The van der Waals surface area contributed by atoms with E-state index in [1.54, 1.807) is 20.5 Å². The van der Waals surface area contributed by atoms with Crippen LogP contribution in [0.3, 0.4) is 0 Å². The molecule has 1 N–H and O–H groups in total. The largest absolute Gasteiger partial charge is 0.391 e. The van der Waals surface area contributed by atoms with Crippen LogP contribution in [0.5, 0.6) is 0 Å². The highest BCUT2D eigenvalue weighted by Crippen LogP contribution is 1.83. The molecule has 0 fully saturated rings. The lowest BCUT2D eigenvalue weighted by Crippen LogP contribution is -2.07. The molecule has 0 aromatic carbocycles. The Balaban J connectivity index is 2.68. The van der Waals surface area contributed by atoms with Crippen LogP contribution < -0.4 is 0 Å². The maximum atomic E-state index is 8.54. The van der Waals surface area contributed by atoms with Gasteiger partial charge in [-0.05, 0) is 13.8 Å². The Morgan fingerprint density at radius 3 is 2.57 bits per heavy atom. The molecular weight excluding hydrogens is 92.1 g/mol. The molecule has 1 unspecified atom stereocenters. The van der Waals surface area contributed by atoms with Crippen molar-refractivity contribution in [2.24, 2.45) is 0 Å². The molecule has 0 saturated carbocycles. The van der Waals surface area contributed by atoms with Gasteiger partial charge in [-0.1, -0.05) is 0 Å². The summed E-state index contributed by atoms with van der Waals surface area (Å²) in [6, 6.07) is 0. The second kappa shape index (κ2) is 4.09. The smallest absolute Gasteiger partial charge is 0.0807 e. The Hall–Kier alpha value is -0.0800. The highest BCUT2D eigenvalue weighted by Gasteiger charge is 1.90. The third kappa shape index (κ3) is 5.92. The van der Waals surface area contributed by atoms with Gasteiger partial charge >= 0.3 is 0 Å². The molecule has 2 heteroatoms.